The van der Waals surface area contributed by atoms with Crippen LogP contribution >= 0.6 is 0 Å². The third-order valence-corrected chi connectivity index (χ3v) is 3.89. The molecule has 0 amide bonds. The van der Waals surface area contributed by atoms with Crippen LogP contribution in [0.2, 0.25) is 0 Å². The van der Waals surface area contributed by atoms with Crippen molar-refractivity contribution in [1.29, 1.82) is 0 Å². The molecule has 0 aromatic carbocycles. The molecule has 90 valence electrons. The Morgan fingerprint density at radius 1 is 1.50 bits per heavy atom. The minimum atomic E-state index is -3.49. The van der Waals surface area contributed by atoms with E-state index in [9.17, 15) is 8.42 Å². The molecule has 6 heteroatoms. The van der Waals surface area contributed by atoms with Crippen molar-refractivity contribution in [3.63, 3.8) is 0 Å². The van der Waals surface area contributed by atoms with E-state index in [1.54, 1.807) is 19.3 Å². The monoisotopic (exact) mass is 243 g/mol. The zero-order valence-electron chi connectivity index (χ0n) is 9.69. The molecule has 1 aromatic rings. The second-order valence-corrected chi connectivity index (χ2v) is 5.21. The van der Waals surface area contributed by atoms with Gasteiger partial charge in [0.25, 0.3) is 0 Å². The zero-order valence-corrected chi connectivity index (χ0v) is 10.5. The predicted octanol–water partition coefficient (Wildman–Crippen LogP) is 1.20. The van der Waals surface area contributed by atoms with E-state index >= 15 is 0 Å². The summed E-state index contributed by atoms with van der Waals surface area (Å²) < 4.78 is 26.6. The van der Waals surface area contributed by atoms with E-state index in [1.807, 2.05) is 13.8 Å². The van der Waals surface area contributed by atoms with E-state index in [2.05, 4.69) is 15.0 Å². The van der Waals surface area contributed by atoms with E-state index in [0.717, 1.165) is 6.42 Å². The number of hydrogen-bond acceptors (Lipinski definition) is 4. The first-order chi connectivity index (χ1) is 7.51. The highest BCUT2D eigenvalue weighted by Gasteiger charge is 2.20. The van der Waals surface area contributed by atoms with Crippen molar-refractivity contribution in [3.8, 4) is 0 Å². The van der Waals surface area contributed by atoms with Crippen molar-refractivity contribution in [3.05, 3.63) is 18.3 Å². The lowest BCUT2D eigenvalue weighted by atomic mass is 10.3. The summed E-state index contributed by atoms with van der Waals surface area (Å²) in [5, 5.41) is 2.76. The number of rotatable bonds is 5. The summed E-state index contributed by atoms with van der Waals surface area (Å²) in [4.78, 5) is 4.14. The molecular weight excluding hydrogens is 226 g/mol. The Kier molecular flexibility index (Phi) is 4.26. The molecule has 1 rings (SSSR count). The van der Waals surface area contributed by atoms with Gasteiger partial charge in [-0.15, -0.1) is 0 Å². The van der Waals surface area contributed by atoms with Crippen molar-refractivity contribution < 1.29 is 8.42 Å². The molecule has 0 aliphatic carbocycles. The van der Waals surface area contributed by atoms with Crippen molar-refractivity contribution in [2.45, 2.75) is 31.2 Å². The molecule has 2 N–H and O–H groups in total. The van der Waals surface area contributed by atoms with Gasteiger partial charge in [-0.25, -0.2) is 18.1 Å². The fourth-order valence-corrected chi connectivity index (χ4v) is 2.70. The Morgan fingerprint density at radius 3 is 2.75 bits per heavy atom. The van der Waals surface area contributed by atoms with Crippen LogP contribution in [0.4, 0.5) is 5.82 Å². The summed E-state index contributed by atoms with van der Waals surface area (Å²) in [5.41, 5.74) is 0. The third kappa shape index (κ3) is 2.93. The maximum atomic E-state index is 12.0. The third-order valence-electron chi connectivity index (χ3n) is 2.27. The molecule has 0 saturated carbocycles. The minimum Gasteiger partial charge on any atom is -0.372 e. The molecule has 0 spiro atoms. The Labute approximate surface area is 96.3 Å². The van der Waals surface area contributed by atoms with Crippen LogP contribution in [0.5, 0.6) is 0 Å². The molecule has 0 saturated heterocycles. The van der Waals surface area contributed by atoms with Crippen LogP contribution < -0.4 is 10.0 Å². The summed E-state index contributed by atoms with van der Waals surface area (Å²) in [6.45, 7) is 3.75. The normalized spacial score (nSPS) is 13.4. The number of hydrogen-bond donors (Lipinski definition) is 2. The lowest BCUT2D eigenvalue weighted by molar-refractivity contribution is 0.556. The second-order valence-electron chi connectivity index (χ2n) is 3.53. The number of anilines is 1. The van der Waals surface area contributed by atoms with Gasteiger partial charge in [-0.05, 0) is 25.5 Å². The molecule has 1 aromatic heterocycles. The van der Waals surface area contributed by atoms with Gasteiger partial charge in [0.15, 0.2) is 0 Å². The zero-order chi connectivity index (χ0) is 12.2. The fourth-order valence-electron chi connectivity index (χ4n) is 1.21. The van der Waals surface area contributed by atoms with Crippen molar-refractivity contribution in [2.75, 3.05) is 12.4 Å². The molecule has 0 radical (unpaired) electrons. The Balaban J connectivity index is 3.07. The first-order valence-electron chi connectivity index (χ1n) is 5.16. The van der Waals surface area contributed by atoms with Gasteiger partial charge in [-0.2, -0.15) is 0 Å². The SMILES string of the molecule is CCC(C)NS(=O)(=O)c1cccnc1NC. The number of pyridine rings is 1. The van der Waals surface area contributed by atoms with E-state index in [1.165, 1.54) is 6.07 Å². The maximum Gasteiger partial charge on any atom is 0.244 e. The second kappa shape index (κ2) is 5.27. The van der Waals surface area contributed by atoms with Crippen molar-refractivity contribution in [1.82, 2.24) is 9.71 Å². The van der Waals surface area contributed by atoms with Gasteiger partial charge in [0.2, 0.25) is 10.0 Å². The van der Waals surface area contributed by atoms with Crippen molar-refractivity contribution >= 4 is 15.8 Å². The Hall–Kier alpha value is -1.14. The lowest BCUT2D eigenvalue weighted by Gasteiger charge is -2.13. The fraction of sp³-hybridized carbons (Fsp3) is 0.500. The van der Waals surface area contributed by atoms with Gasteiger partial charge in [-0.1, -0.05) is 6.92 Å². The topological polar surface area (TPSA) is 71.1 Å². The van der Waals surface area contributed by atoms with Crippen LogP contribution in [0.15, 0.2) is 23.2 Å². The summed E-state index contributed by atoms with van der Waals surface area (Å²) >= 11 is 0. The van der Waals surface area contributed by atoms with Crippen molar-refractivity contribution in [2.24, 2.45) is 0 Å². The smallest absolute Gasteiger partial charge is 0.244 e. The predicted molar refractivity (Wildman–Crippen MR) is 63.9 cm³/mol. The number of sulfonamides is 1. The molecule has 1 heterocycles. The number of aromatic nitrogens is 1. The quantitative estimate of drug-likeness (QED) is 0.815. The van der Waals surface area contributed by atoms with Gasteiger partial charge < -0.3 is 5.32 Å². The number of nitrogens with one attached hydrogen (secondary N) is 2. The molecule has 0 fully saturated rings. The Morgan fingerprint density at radius 2 is 2.19 bits per heavy atom. The van der Waals surface area contributed by atoms with Crippen LogP contribution in [-0.2, 0) is 10.0 Å². The van der Waals surface area contributed by atoms with Crippen LogP contribution in [0.3, 0.4) is 0 Å². The van der Waals surface area contributed by atoms with Gasteiger partial charge in [0.05, 0.1) is 0 Å². The van der Waals surface area contributed by atoms with Gasteiger partial charge in [0.1, 0.15) is 10.7 Å². The van der Waals surface area contributed by atoms with E-state index in [0.29, 0.717) is 5.82 Å². The highest BCUT2D eigenvalue weighted by atomic mass is 32.2. The van der Waals surface area contributed by atoms with Gasteiger partial charge in [-0.3, -0.25) is 0 Å². The molecule has 0 aliphatic rings. The summed E-state index contributed by atoms with van der Waals surface area (Å²) in [6, 6.07) is 3.05. The average molecular weight is 243 g/mol. The molecule has 1 unspecified atom stereocenters. The first kappa shape index (κ1) is 12.9. The standard InChI is InChI=1S/C10H17N3O2S/c1-4-8(2)13-16(14,15)9-6-5-7-12-10(9)11-3/h5-8,13H,4H2,1-3H3,(H,11,12). The lowest BCUT2D eigenvalue weighted by Crippen LogP contribution is -2.32. The highest BCUT2D eigenvalue weighted by Crippen LogP contribution is 2.17. The van der Waals surface area contributed by atoms with Crippen LogP contribution in [-0.4, -0.2) is 26.5 Å². The van der Waals surface area contributed by atoms with Crippen LogP contribution in [0, 0.1) is 0 Å². The molecule has 5 nitrogen and oxygen atoms in total. The highest BCUT2D eigenvalue weighted by molar-refractivity contribution is 7.89. The summed E-state index contributed by atoms with van der Waals surface area (Å²) in [5.74, 6) is 0.360. The summed E-state index contributed by atoms with van der Waals surface area (Å²) in [7, 11) is -1.85. The van der Waals surface area contributed by atoms with Gasteiger partial charge >= 0.3 is 0 Å². The van der Waals surface area contributed by atoms with E-state index < -0.39 is 10.0 Å². The molecule has 1 atom stereocenters. The van der Waals surface area contributed by atoms with E-state index in [-0.39, 0.29) is 10.9 Å². The average Bonchev–Trinajstić information content (AvgIpc) is 2.28. The summed E-state index contributed by atoms with van der Waals surface area (Å²) in [6.07, 6.45) is 2.29. The molecule has 16 heavy (non-hydrogen) atoms. The van der Waals surface area contributed by atoms with Crippen LogP contribution in [0.25, 0.3) is 0 Å². The number of nitrogens with zero attached hydrogens (tertiary/aromatic N) is 1. The minimum absolute atomic E-state index is 0.0880. The Bertz CT molecular complexity index is 445. The first-order valence-corrected chi connectivity index (χ1v) is 6.64. The molecule has 0 aliphatic heterocycles. The van der Waals surface area contributed by atoms with E-state index in [4.69, 9.17) is 0 Å². The van der Waals surface area contributed by atoms with Crippen LogP contribution in [0.1, 0.15) is 20.3 Å². The molecule has 0 bridgehead atoms. The maximum absolute atomic E-state index is 12.0. The van der Waals surface area contributed by atoms with Gasteiger partial charge in [0, 0.05) is 19.3 Å². The largest absolute Gasteiger partial charge is 0.372 e. The molecular formula is C10H17N3O2S.